The van der Waals surface area contributed by atoms with Gasteiger partial charge in [0.15, 0.2) is 21.4 Å². The fourth-order valence-corrected chi connectivity index (χ4v) is 7.63. The molecule has 2 atom stereocenters. The molecule has 0 amide bonds. The van der Waals surface area contributed by atoms with E-state index in [-0.39, 0.29) is 50.7 Å². The zero-order valence-electron chi connectivity index (χ0n) is 17.8. The van der Waals surface area contributed by atoms with Gasteiger partial charge in [0.2, 0.25) is 0 Å². The first kappa shape index (κ1) is 24.9. The lowest BCUT2D eigenvalue weighted by Gasteiger charge is -2.32. The predicted molar refractivity (Wildman–Crippen MR) is 131 cm³/mol. The molecule has 9 heteroatoms. The lowest BCUT2D eigenvalue weighted by Crippen LogP contribution is -2.33. The number of allylic oxidation sites excluding steroid dienone is 1. The van der Waals surface area contributed by atoms with Crippen LogP contribution in [0.2, 0.25) is 0 Å². The Morgan fingerprint density at radius 3 is 2.84 bits per heavy atom. The molecular formula is C23H26F2INO4S. The topological polar surface area (TPSA) is 65.5 Å². The summed E-state index contributed by atoms with van der Waals surface area (Å²) < 4.78 is 68.0. The van der Waals surface area contributed by atoms with E-state index in [1.807, 2.05) is 6.92 Å². The summed E-state index contributed by atoms with van der Waals surface area (Å²) in [4.78, 5) is 3.96. The Morgan fingerprint density at radius 1 is 1.34 bits per heavy atom. The van der Waals surface area contributed by atoms with Gasteiger partial charge in [-0.1, -0.05) is 10.1 Å². The molecule has 0 radical (unpaired) electrons. The molecule has 0 N–H and O–H groups in total. The van der Waals surface area contributed by atoms with E-state index in [9.17, 15) is 17.2 Å². The molecule has 32 heavy (non-hydrogen) atoms. The SMILES string of the molecule is C=ICCS(=O)(=O)/C=C(/C)[C@H]1CCOC[C@@H]1COc1ccc(-c2ccc(F)cn2)cc1F. The molecule has 1 aliphatic rings. The molecule has 2 heterocycles. The van der Waals surface area contributed by atoms with Crippen LogP contribution < -0.4 is 4.74 Å². The maximum atomic E-state index is 14.6. The van der Waals surface area contributed by atoms with E-state index in [4.69, 9.17) is 9.47 Å². The Morgan fingerprint density at radius 2 is 2.16 bits per heavy atom. The second-order valence-electron chi connectivity index (χ2n) is 7.65. The average Bonchev–Trinajstić information content (AvgIpc) is 2.77. The number of halogens is 3. The number of nitrogens with zero attached hydrogens (tertiary/aromatic N) is 1. The second-order valence-corrected chi connectivity index (χ2v) is 11.8. The lowest BCUT2D eigenvalue weighted by molar-refractivity contribution is 0.00809. The quantitative estimate of drug-likeness (QED) is 0.317. The van der Waals surface area contributed by atoms with Crippen LogP contribution in [0.1, 0.15) is 13.3 Å². The first-order chi connectivity index (χ1) is 15.3. The predicted octanol–water partition coefficient (Wildman–Crippen LogP) is 4.78. The second kappa shape index (κ2) is 11.4. The molecule has 0 bridgehead atoms. The summed E-state index contributed by atoms with van der Waals surface area (Å²) in [6, 6.07) is 7.23. The van der Waals surface area contributed by atoms with E-state index >= 15 is 0 Å². The maximum Gasteiger partial charge on any atom is 0.172 e. The average molecular weight is 577 g/mol. The third-order valence-electron chi connectivity index (χ3n) is 5.33. The van der Waals surface area contributed by atoms with E-state index in [0.29, 0.717) is 35.3 Å². The molecule has 1 aromatic heterocycles. The van der Waals surface area contributed by atoms with E-state index in [0.717, 1.165) is 11.8 Å². The molecule has 5 nitrogen and oxygen atoms in total. The highest BCUT2D eigenvalue weighted by Gasteiger charge is 2.29. The highest BCUT2D eigenvalue weighted by Crippen LogP contribution is 2.31. The third kappa shape index (κ3) is 6.89. The summed E-state index contributed by atoms with van der Waals surface area (Å²) in [5.74, 6) is -0.889. The van der Waals surface area contributed by atoms with Crippen molar-refractivity contribution in [2.24, 2.45) is 11.8 Å². The molecule has 1 aliphatic heterocycles. The lowest BCUT2D eigenvalue weighted by atomic mass is 9.84. The van der Waals surface area contributed by atoms with Crippen molar-refractivity contribution in [3.05, 3.63) is 59.1 Å². The first-order valence-electron chi connectivity index (χ1n) is 10.1. The zero-order valence-corrected chi connectivity index (χ0v) is 20.7. The molecule has 0 unspecified atom stereocenters. The monoisotopic (exact) mass is 577 g/mol. The number of aromatic nitrogens is 1. The van der Waals surface area contributed by atoms with E-state index < -0.39 is 21.5 Å². The summed E-state index contributed by atoms with van der Waals surface area (Å²) in [5, 5.41) is 1.38. The van der Waals surface area contributed by atoms with Crippen LogP contribution in [0.3, 0.4) is 0 Å². The van der Waals surface area contributed by atoms with Crippen LogP contribution >= 0.6 is 20.7 Å². The Kier molecular flexibility index (Phi) is 8.89. The van der Waals surface area contributed by atoms with Crippen molar-refractivity contribution in [2.75, 3.05) is 30.0 Å². The minimum atomic E-state index is -3.27. The van der Waals surface area contributed by atoms with Crippen LogP contribution in [-0.4, -0.2) is 47.9 Å². The number of sulfone groups is 1. The summed E-state index contributed by atoms with van der Waals surface area (Å²) in [6.45, 7) is 2.99. The van der Waals surface area contributed by atoms with Gasteiger partial charge in [0, 0.05) is 27.9 Å². The molecule has 0 saturated carbocycles. The van der Waals surface area contributed by atoms with Crippen LogP contribution in [-0.2, 0) is 14.6 Å². The van der Waals surface area contributed by atoms with E-state index in [1.165, 1.54) is 29.7 Å². The Hall–Kier alpha value is -1.72. The van der Waals surface area contributed by atoms with Crippen molar-refractivity contribution in [3.8, 4) is 17.0 Å². The van der Waals surface area contributed by atoms with Crippen LogP contribution in [0.4, 0.5) is 8.78 Å². The van der Waals surface area contributed by atoms with E-state index in [1.54, 1.807) is 6.07 Å². The number of hydrogen-bond donors (Lipinski definition) is 0. The maximum absolute atomic E-state index is 14.6. The van der Waals surface area contributed by atoms with Crippen molar-refractivity contribution in [2.45, 2.75) is 13.3 Å². The highest BCUT2D eigenvalue weighted by atomic mass is 127. The molecule has 3 rings (SSSR count). The fraction of sp³-hybridized carbons (Fsp3) is 0.391. The third-order valence-corrected chi connectivity index (χ3v) is 8.87. The number of pyridine rings is 1. The highest BCUT2D eigenvalue weighted by molar-refractivity contribution is 14.2. The van der Waals surface area contributed by atoms with Crippen LogP contribution in [0.25, 0.3) is 11.3 Å². The summed E-state index contributed by atoms with van der Waals surface area (Å²) >= 11 is -0.318. The zero-order chi connectivity index (χ0) is 23.1. The molecule has 1 fully saturated rings. The van der Waals surface area contributed by atoms with Crippen molar-refractivity contribution < 1.29 is 26.7 Å². The van der Waals surface area contributed by atoms with Crippen molar-refractivity contribution in [1.29, 1.82) is 0 Å². The van der Waals surface area contributed by atoms with Gasteiger partial charge in [0.1, 0.15) is 5.82 Å². The normalized spacial score (nSPS) is 19.7. The molecule has 2 aromatic rings. The molecule has 0 aliphatic carbocycles. The van der Waals surface area contributed by atoms with Crippen LogP contribution in [0.15, 0.2) is 47.5 Å². The Bertz CT molecular complexity index is 1070. The van der Waals surface area contributed by atoms with Gasteiger partial charge in [-0.2, -0.15) is 0 Å². The van der Waals surface area contributed by atoms with Gasteiger partial charge >= 0.3 is 0 Å². The summed E-state index contributed by atoms with van der Waals surface area (Å²) in [7, 11) is -3.27. The van der Waals surface area contributed by atoms with Gasteiger partial charge in [-0.25, -0.2) is 17.2 Å². The van der Waals surface area contributed by atoms with Gasteiger partial charge in [0.25, 0.3) is 0 Å². The largest absolute Gasteiger partial charge is 0.490 e. The van der Waals surface area contributed by atoms with Gasteiger partial charge in [0.05, 0.1) is 30.9 Å². The fourth-order valence-electron chi connectivity index (χ4n) is 3.67. The minimum Gasteiger partial charge on any atom is -0.490 e. The Labute approximate surface area is 197 Å². The van der Waals surface area contributed by atoms with E-state index in [2.05, 4.69) is 9.50 Å². The number of ether oxygens (including phenoxy) is 2. The van der Waals surface area contributed by atoms with Gasteiger partial charge in [-0.3, -0.25) is 4.98 Å². The number of benzene rings is 1. The molecule has 174 valence electrons. The smallest absolute Gasteiger partial charge is 0.172 e. The first-order valence-corrected chi connectivity index (χ1v) is 14.9. The standard InChI is InChI=1S/C23H26F2INO4S/c1-16(15-32(28,29)10-8-26-2)20-7-9-30-13-18(20)14-31-23-6-3-17(11-21(23)25)22-5-4-19(24)12-27-22/h3-6,11-12,15,18,20H,2,7-10,13-14H2,1H3/b16-15-/t18-,20-/m1/s1. The van der Waals surface area contributed by atoms with Crippen LogP contribution in [0.5, 0.6) is 5.75 Å². The van der Waals surface area contributed by atoms with Gasteiger partial charge in [-0.05, 0) is 49.6 Å². The molecule has 1 aromatic carbocycles. The number of rotatable bonds is 9. The van der Waals surface area contributed by atoms with Crippen LogP contribution in [0, 0.1) is 23.5 Å². The number of alkyl halides is 1. The molecule has 1 saturated heterocycles. The molecular weight excluding hydrogens is 551 g/mol. The summed E-state index contributed by atoms with van der Waals surface area (Å²) in [5.41, 5.74) is 1.75. The van der Waals surface area contributed by atoms with Crippen molar-refractivity contribution in [1.82, 2.24) is 4.98 Å². The van der Waals surface area contributed by atoms with Crippen molar-refractivity contribution >= 4 is 35.1 Å². The summed E-state index contributed by atoms with van der Waals surface area (Å²) in [6.07, 6.45) is 1.77. The molecule has 0 spiro atoms. The Balaban J connectivity index is 1.69. The minimum absolute atomic E-state index is 0.0151. The number of hydrogen-bond acceptors (Lipinski definition) is 5. The van der Waals surface area contributed by atoms with Crippen molar-refractivity contribution in [3.63, 3.8) is 0 Å². The van der Waals surface area contributed by atoms with Gasteiger partial charge in [-0.15, -0.1) is 20.7 Å². The van der Waals surface area contributed by atoms with Gasteiger partial charge < -0.3 is 9.47 Å².